The maximum absolute atomic E-state index is 2.54. The summed E-state index contributed by atoms with van der Waals surface area (Å²) < 4.78 is 0. The fourth-order valence-corrected chi connectivity index (χ4v) is 10.7. The summed E-state index contributed by atoms with van der Waals surface area (Å²) >= 11 is 0. The Bertz CT molecular complexity index is 3650. The van der Waals surface area contributed by atoms with Crippen molar-refractivity contribution < 1.29 is 0 Å². The number of hydrogen-bond acceptors (Lipinski definition) is 0. The zero-order chi connectivity index (χ0) is 40.7. The van der Waals surface area contributed by atoms with E-state index in [9.17, 15) is 0 Å². The molecule has 0 aliphatic heterocycles. The van der Waals surface area contributed by atoms with E-state index in [2.05, 4.69) is 211 Å². The second-order valence-electron chi connectivity index (χ2n) is 19.2. The van der Waals surface area contributed by atoms with Crippen molar-refractivity contribution in [3.05, 3.63) is 181 Å². The van der Waals surface area contributed by atoms with Gasteiger partial charge in [-0.05, 0) is 154 Å². The molecule has 0 aliphatic rings. The average molecular weight is 767 g/mol. The average Bonchev–Trinajstić information content (AvgIpc) is 3.76. The molecule has 0 heteroatoms. The molecule has 0 saturated heterocycles. The molecule has 0 saturated carbocycles. The van der Waals surface area contributed by atoms with Crippen molar-refractivity contribution in [1.29, 1.82) is 0 Å². The van der Waals surface area contributed by atoms with Crippen LogP contribution in [0.4, 0.5) is 0 Å². The minimum atomic E-state index is 0.00301. The highest BCUT2D eigenvalue weighted by atomic mass is 14.3. The maximum Gasteiger partial charge on any atom is -0.000697 e. The first-order chi connectivity index (χ1) is 29.1. The Morgan fingerprint density at radius 3 is 1.47 bits per heavy atom. The summed E-state index contributed by atoms with van der Waals surface area (Å²) in [6.07, 6.45) is 0. The van der Waals surface area contributed by atoms with Crippen LogP contribution in [0.15, 0.2) is 170 Å². The van der Waals surface area contributed by atoms with Crippen LogP contribution in [0.2, 0.25) is 0 Å². The van der Waals surface area contributed by atoms with E-state index in [-0.39, 0.29) is 10.8 Å². The highest BCUT2D eigenvalue weighted by Gasteiger charge is 2.29. The maximum atomic E-state index is 2.54. The third-order valence-corrected chi connectivity index (χ3v) is 13.6. The van der Waals surface area contributed by atoms with E-state index in [1.165, 1.54) is 131 Å². The van der Waals surface area contributed by atoms with Crippen LogP contribution in [-0.4, -0.2) is 0 Å². The topological polar surface area (TPSA) is 0 Å². The third-order valence-electron chi connectivity index (χ3n) is 13.6. The van der Waals surface area contributed by atoms with Crippen molar-refractivity contribution >= 4 is 86.2 Å². The zero-order valence-corrected chi connectivity index (χ0v) is 35.2. The van der Waals surface area contributed by atoms with Crippen LogP contribution in [0.5, 0.6) is 0 Å². The summed E-state index contributed by atoms with van der Waals surface area (Å²) in [5.41, 5.74) is 10.5. The molecule has 0 amide bonds. The van der Waals surface area contributed by atoms with Gasteiger partial charge in [0.25, 0.3) is 0 Å². The van der Waals surface area contributed by atoms with Gasteiger partial charge >= 0.3 is 0 Å². The number of fused-ring (bicyclic) bond motifs is 10. The Labute approximate surface area is 351 Å². The van der Waals surface area contributed by atoms with E-state index in [0.29, 0.717) is 0 Å². The van der Waals surface area contributed by atoms with E-state index in [4.69, 9.17) is 0 Å². The van der Waals surface area contributed by atoms with Crippen LogP contribution < -0.4 is 0 Å². The zero-order valence-electron chi connectivity index (χ0n) is 35.2. The van der Waals surface area contributed by atoms with Crippen LogP contribution in [-0.2, 0) is 10.8 Å². The van der Waals surface area contributed by atoms with Crippen LogP contribution in [0.1, 0.15) is 52.7 Å². The van der Waals surface area contributed by atoms with E-state index in [1.54, 1.807) is 0 Å². The van der Waals surface area contributed by atoms with E-state index in [0.717, 1.165) is 0 Å². The second kappa shape index (κ2) is 12.4. The number of rotatable bonds is 3. The van der Waals surface area contributed by atoms with Gasteiger partial charge in [-0.25, -0.2) is 0 Å². The molecular formula is C60H46. The van der Waals surface area contributed by atoms with Crippen molar-refractivity contribution in [2.45, 2.75) is 52.4 Å². The van der Waals surface area contributed by atoms with Crippen molar-refractivity contribution in [3.63, 3.8) is 0 Å². The Kier molecular flexibility index (Phi) is 7.27. The Balaban J connectivity index is 1.37. The molecule has 0 fully saturated rings. The first-order valence-corrected chi connectivity index (χ1v) is 21.5. The van der Waals surface area contributed by atoms with Crippen molar-refractivity contribution in [2.75, 3.05) is 0 Å². The molecule has 0 N–H and O–H groups in total. The van der Waals surface area contributed by atoms with Gasteiger partial charge in [0.05, 0.1) is 0 Å². The molecule has 0 spiro atoms. The molecule has 286 valence electrons. The van der Waals surface area contributed by atoms with Gasteiger partial charge in [-0.2, -0.15) is 0 Å². The van der Waals surface area contributed by atoms with Gasteiger partial charge in [-0.1, -0.05) is 199 Å². The largest absolute Gasteiger partial charge is 0.0622 e. The Morgan fingerprint density at radius 2 is 0.800 bits per heavy atom. The predicted molar refractivity (Wildman–Crippen MR) is 263 cm³/mol. The summed E-state index contributed by atoms with van der Waals surface area (Å²) in [7, 11) is 0. The second-order valence-corrected chi connectivity index (χ2v) is 19.2. The number of benzene rings is 10. The van der Waals surface area contributed by atoms with Crippen LogP contribution >= 0.6 is 0 Å². The highest BCUT2D eigenvalue weighted by molar-refractivity contribution is 6.46. The molecule has 0 unspecified atom stereocenters. The molecule has 0 aliphatic carbocycles. The smallest absolute Gasteiger partial charge is 0.000697 e. The van der Waals surface area contributed by atoms with Crippen molar-refractivity contribution in [2.24, 2.45) is 0 Å². The van der Waals surface area contributed by atoms with Crippen molar-refractivity contribution in [1.82, 2.24) is 0 Å². The quantitative estimate of drug-likeness (QED) is 0.157. The summed E-state index contributed by atoms with van der Waals surface area (Å²) in [5, 5.41) is 21.2. The number of hydrogen-bond donors (Lipinski definition) is 0. The monoisotopic (exact) mass is 766 g/mol. The fraction of sp³-hybridized carbons (Fsp3) is 0.133. The van der Waals surface area contributed by atoms with Gasteiger partial charge in [0.1, 0.15) is 0 Å². The lowest BCUT2D eigenvalue weighted by atomic mass is 9.78. The molecule has 12 aromatic carbocycles. The molecule has 0 bridgehead atoms. The lowest BCUT2D eigenvalue weighted by Crippen LogP contribution is -2.16. The van der Waals surface area contributed by atoms with Gasteiger partial charge in [-0.15, -0.1) is 0 Å². The lowest BCUT2D eigenvalue weighted by molar-refractivity contribution is 0.569. The lowest BCUT2D eigenvalue weighted by Gasteiger charge is -2.26. The standard InChI is InChI=1S/C60H46/c1-59(2,3)39-30-38(31-40(33-39)60(4,5)6)42-28-29-47-56-49(32-37-22-13-14-23-41(37)54(42)56)58-52(36-20-11-8-12-21-36)55-46-27-17-26-45-43-24-15-16-25-44(43)48(53(45)46)34-50(55)51(57(47)58)35-18-9-7-10-19-35/h7-34H,1-6H3. The van der Waals surface area contributed by atoms with Gasteiger partial charge in [-0.3, -0.25) is 0 Å². The van der Waals surface area contributed by atoms with Crippen LogP contribution in [0, 0.1) is 0 Å². The third kappa shape index (κ3) is 4.91. The highest BCUT2D eigenvalue weighted by Crippen LogP contribution is 2.56. The van der Waals surface area contributed by atoms with Gasteiger partial charge in [0.2, 0.25) is 0 Å². The summed E-state index contributed by atoms with van der Waals surface area (Å²) in [6, 6.07) is 64.8. The Hall–Kier alpha value is -6.76. The SMILES string of the molecule is CC(C)(C)c1cc(-c2ccc3c4c(-c5ccccc5)c5cc6c7ccccc7c7cccc(c5c(-c5ccccc5)c4c4cc5ccccc5c2c34)c76)cc(C(C)(C)C)c1. The minimum absolute atomic E-state index is 0.00301. The molecule has 0 heterocycles. The van der Waals surface area contributed by atoms with Gasteiger partial charge < -0.3 is 0 Å². The summed E-state index contributed by atoms with van der Waals surface area (Å²) in [5.74, 6) is 0. The molecule has 0 atom stereocenters. The minimum Gasteiger partial charge on any atom is -0.0622 e. The Morgan fingerprint density at radius 1 is 0.267 bits per heavy atom. The molecule has 0 nitrogen and oxygen atoms in total. The first kappa shape index (κ1) is 35.2. The van der Waals surface area contributed by atoms with E-state index < -0.39 is 0 Å². The van der Waals surface area contributed by atoms with Crippen LogP contribution in [0.25, 0.3) is 120 Å². The first-order valence-electron chi connectivity index (χ1n) is 21.5. The van der Waals surface area contributed by atoms with E-state index in [1.807, 2.05) is 0 Å². The molecule has 12 aromatic rings. The molecule has 60 heavy (non-hydrogen) atoms. The summed E-state index contributed by atoms with van der Waals surface area (Å²) in [6.45, 7) is 14.1. The van der Waals surface area contributed by atoms with E-state index >= 15 is 0 Å². The molecule has 12 rings (SSSR count). The van der Waals surface area contributed by atoms with Crippen molar-refractivity contribution in [3.8, 4) is 33.4 Å². The molecule has 0 aromatic heterocycles. The predicted octanol–water partition coefficient (Wildman–Crippen LogP) is 17.4. The van der Waals surface area contributed by atoms with Gasteiger partial charge in [0.15, 0.2) is 0 Å². The summed E-state index contributed by atoms with van der Waals surface area (Å²) in [4.78, 5) is 0. The van der Waals surface area contributed by atoms with Gasteiger partial charge in [0, 0.05) is 0 Å². The molecular weight excluding hydrogens is 721 g/mol. The van der Waals surface area contributed by atoms with Crippen LogP contribution in [0.3, 0.4) is 0 Å². The normalized spacial score (nSPS) is 12.8. The molecule has 0 radical (unpaired) electrons. The fourth-order valence-electron chi connectivity index (χ4n) is 10.7.